The van der Waals surface area contributed by atoms with Crippen molar-refractivity contribution in [2.45, 2.75) is 19.3 Å². The Hall–Kier alpha value is -1.60. The maximum atomic E-state index is 12.7. The van der Waals surface area contributed by atoms with Gasteiger partial charge in [0.2, 0.25) is 5.91 Å². The number of anilines is 1. The summed E-state index contributed by atoms with van der Waals surface area (Å²) in [6.07, 6.45) is -3.66. The number of rotatable bonds is 2. The number of hydrogen-bond donors (Lipinski definition) is 2. The van der Waals surface area contributed by atoms with Gasteiger partial charge in [0.1, 0.15) is 0 Å². The molecule has 1 heterocycles. The quantitative estimate of drug-likeness (QED) is 0.865. The minimum absolute atomic E-state index is 0. The summed E-state index contributed by atoms with van der Waals surface area (Å²) in [6, 6.07) is 3.26. The van der Waals surface area contributed by atoms with Gasteiger partial charge in [0.15, 0.2) is 11.5 Å². The molecule has 0 fully saturated rings. The topological polar surface area (TPSA) is 73.6 Å². The van der Waals surface area contributed by atoms with E-state index in [4.69, 9.17) is 5.73 Å². The van der Waals surface area contributed by atoms with Crippen LogP contribution in [0.2, 0.25) is 0 Å². The van der Waals surface area contributed by atoms with Gasteiger partial charge in [-0.05, 0) is 19.1 Å². The van der Waals surface area contributed by atoms with Crippen molar-refractivity contribution in [3.63, 3.8) is 0 Å². The third-order valence-corrected chi connectivity index (χ3v) is 2.08. The molecule has 1 atom stereocenters. The fourth-order valence-corrected chi connectivity index (χ4v) is 1.28. The average Bonchev–Trinajstić information content (AvgIpc) is 2.50. The average molecular weight is 281 g/mol. The van der Waals surface area contributed by atoms with E-state index in [1.807, 2.05) is 0 Å². The summed E-state index contributed by atoms with van der Waals surface area (Å²) in [5, 5.41) is 2.45. The van der Waals surface area contributed by atoms with Gasteiger partial charge in [0.05, 0.1) is 6.04 Å². The minimum Gasteiger partial charge on any atom is -0.395 e. The Morgan fingerprint density at radius 1 is 1.39 bits per heavy atom. The summed E-state index contributed by atoms with van der Waals surface area (Å²) in [7, 11) is 0. The number of halogens is 3. The lowest BCUT2D eigenvalue weighted by atomic mass is 10.2. The third-order valence-electron chi connectivity index (χ3n) is 2.08. The highest BCUT2D eigenvalue weighted by Crippen LogP contribution is 2.42. The first-order chi connectivity index (χ1) is 7.87. The van der Waals surface area contributed by atoms with E-state index in [1.165, 1.54) is 25.1 Å². The molecule has 18 heavy (non-hydrogen) atoms. The molecule has 0 aromatic heterocycles. The van der Waals surface area contributed by atoms with Crippen LogP contribution < -0.4 is 20.5 Å². The Kier molecular flexibility index (Phi) is 3.98. The highest BCUT2D eigenvalue weighted by atomic mass is 35.5. The summed E-state index contributed by atoms with van der Waals surface area (Å²) >= 11 is 0. The molecular weight excluding hydrogens is 270 g/mol. The molecule has 1 aliphatic heterocycles. The van der Waals surface area contributed by atoms with Crippen molar-refractivity contribution in [3.8, 4) is 11.5 Å². The lowest BCUT2D eigenvalue weighted by molar-refractivity contribution is -0.286. The van der Waals surface area contributed by atoms with Crippen molar-refractivity contribution in [1.82, 2.24) is 0 Å². The normalized spacial score (nSPS) is 16.7. The predicted molar refractivity (Wildman–Crippen MR) is 62.2 cm³/mol. The van der Waals surface area contributed by atoms with Gasteiger partial charge >= 0.3 is 6.29 Å². The van der Waals surface area contributed by atoms with E-state index in [0.717, 1.165) is 0 Å². The fourth-order valence-electron chi connectivity index (χ4n) is 1.28. The van der Waals surface area contributed by atoms with E-state index in [1.54, 1.807) is 0 Å². The number of hydrogen-bond acceptors (Lipinski definition) is 4. The zero-order valence-corrected chi connectivity index (χ0v) is 10.1. The van der Waals surface area contributed by atoms with E-state index >= 15 is 0 Å². The Bertz CT molecular complexity index is 468. The van der Waals surface area contributed by atoms with Crippen LogP contribution in [-0.2, 0) is 4.79 Å². The number of ether oxygens (including phenoxy) is 2. The summed E-state index contributed by atoms with van der Waals surface area (Å²) in [6.45, 7) is 1.51. The lowest BCUT2D eigenvalue weighted by Crippen LogP contribution is -2.32. The molecule has 100 valence electrons. The van der Waals surface area contributed by atoms with Crippen molar-refractivity contribution in [2.75, 3.05) is 5.32 Å². The van der Waals surface area contributed by atoms with Crippen LogP contribution in [0.5, 0.6) is 11.5 Å². The maximum absolute atomic E-state index is 12.7. The van der Waals surface area contributed by atoms with Gasteiger partial charge in [-0.1, -0.05) is 0 Å². The minimum atomic E-state index is -3.66. The second kappa shape index (κ2) is 4.95. The largest absolute Gasteiger partial charge is 0.586 e. The Labute approximate surface area is 108 Å². The van der Waals surface area contributed by atoms with Crippen molar-refractivity contribution in [1.29, 1.82) is 0 Å². The summed E-state index contributed by atoms with van der Waals surface area (Å²) in [4.78, 5) is 11.3. The SMILES string of the molecule is C[C@H](N)C(=O)Nc1ccc2c(c1)OC(F)(F)O2.Cl. The highest BCUT2D eigenvalue weighted by Gasteiger charge is 2.43. The van der Waals surface area contributed by atoms with Crippen molar-refractivity contribution in [3.05, 3.63) is 18.2 Å². The number of benzene rings is 1. The Morgan fingerprint density at radius 2 is 2.00 bits per heavy atom. The van der Waals surface area contributed by atoms with Crippen molar-refractivity contribution in [2.24, 2.45) is 5.73 Å². The first kappa shape index (κ1) is 14.5. The molecule has 1 amide bonds. The summed E-state index contributed by atoms with van der Waals surface area (Å²) in [5.74, 6) is -0.623. The molecule has 0 unspecified atom stereocenters. The van der Waals surface area contributed by atoms with Crippen LogP contribution in [0.15, 0.2) is 18.2 Å². The standard InChI is InChI=1S/C10H10F2N2O3.ClH/c1-5(13)9(15)14-6-2-3-7-8(4-6)17-10(11,12)16-7;/h2-5H,13H2,1H3,(H,14,15);1H/t5-;/m0./s1. The second-order valence-corrected chi connectivity index (χ2v) is 3.61. The molecule has 0 saturated carbocycles. The molecular formula is C10H11ClF2N2O3. The summed E-state index contributed by atoms with van der Waals surface area (Å²) in [5.41, 5.74) is 5.66. The van der Waals surface area contributed by atoms with Crippen molar-refractivity contribution >= 4 is 24.0 Å². The van der Waals surface area contributed by atoms with Gasteiger partial charge in [0, 0.05) is 11.8 Å². The zero-order valence-electron chi connectivity index (χ0n) is 9.28. The van der Waals surface area contributed by atoms with Gasteiger partial charge in [0.25, 0.3) is 0 Å². The smallest absolute Gasteiger partial charge is 0.395 e. The van der Waals surface area contributed by atoms with Gasteiger partial charge in [-0.25, -0.2) is 0 Å². The van der Waals surface area contributed by atoms with Gasteiger partial charge < -0.3 is 20.5 Å². The Balaban J connectivity index is 0.00000162. The number of amides is 1. The molecule has 8 heteroatoms. The first-order valence-corrected chi connectivity index (χ1v) is 4.84. The summed E-state index contributed by atoms with van der Waals surface area (Å²) < 4.78 is 33.9. The predicted octanol–water partition coefficient (Wildman–Crippen LogP) is 1.72. The fraction of sp³-hybridized carbons (Fsp3) is 0.300. The van der Waals surface area contributed by atoms with Gasteiger partial charge in [-0.15, -0.1) is 21.2 Å². The molecule has 2 rings (SSSR count). The molecule has 0 saturated heterocycles. The number of carbonyl (C=O) groups is 1. The molecule has 0 bridgehead atoms. The molecule has 1 aromatic carbocycles. The number of nitrogens with one attached hydrogen (secondary N) is 1. The van der Waals surface area contributed by atoms with Crippen LogP contribution in [0.4, 0.5) is 14.5 Å². The van der Waals surface area contributed by atoms with Crippen LogP contribution >= 0.6 is 12.4 Å². The lowest BCUT2D eigenvalue weighted by Gasteiger charge is -2.07. The molecule has 0 spiro atoms. The zero-order chi connectivity index (χ0) is 12.6. The highest BCUT2D eigenvalue weighted by molar-refractivity contribution is 5.94. The molecule has 0 radical (unpaired) electrons. The van der Waals surface area contributed by atoms with Gasteiger partial charge in [-0.3, -0.25) is 4.79 Å². The van der Waals surface area contributed by atoms with Crippen LogP contribution in [0.1, 0.15) is 6.92 Å². The monoisotopic (exact) mass is 280 g/mol. The van der Waals surface area contributed by atoms with Crippen molar-refractivity contribution < 1.29 is 23.0 Å². The van der Waals surface area contributed by atoms with Crippen LogP contribution in [0.25, 0.3) is 0 Å². The number of carbonyl (C=O) groups excluding carboxylic acids is 1. The van der Waals surface area contributed by atoms with Crippen LogP contribution in [0.3, 0.4) is 0 Å². The molecule has 1 aliphatic rings. The number of fused-ring (bicyclic) bond motifs is 1. The van der Waals surface area contributed by atoms with E-state index in [9.17, 15) is 13.6 Å². The van der Waals surface area contributed by atoms with Crippen LogP contribution in [0, 0.1) is 0 Å². The van der Waals surface area contributed by atoms with E-state index < -0.39 is 18.2 Å². The molecule has 0 aliphatic carbocycles. The number of alkyl halides is 2. The van der Waals surface area contributed by atoms with E-state index in [-0.39, 0.29) is 23.9 Å². The number of nitrogens with two attached hydrogens (primary N) is 1. The third kappa shape index (κ3) is 2.99. The first-order valence-electron chi connectivity index (χ1n) is 4.84. The van der Waals surface area contributed by atoms with Gasteiger partial charge in [-0.2, -0.15) is 0 Å². The van der Waals surface area contributed by atoms with E-state index in [0.29, 0.717) is 5.69 Å². The second-order valence-electron chi connectivity index (χ2n) is 3.61. The Morgan fingerprint density at radius 3 is 2.61 bits per heavy atom. The molecule has 3 N–H and O–H groups in total. The molecule has 1 aromatic rings. The van der Waals surface area contributed by atoms with Crippen LogP contribution in [-0.4, -0.2) is 18.2 Å². The van der Waals surface area contributed by atoms with E-state index in [2.05, 4.69) is 14.8 Å². The maximum Gasteiger partial charge on any atom is 0.586 e. The molecule has 5 nitrogen and oxygen atoms in total.